The van der Waals surface area contributed by atoms with Crippen molar-refractivity contribution in [3.8, 4) is 0 Å². The van der Waals surface area contributed by atoms with Crippen molar-refractivity contribution in [3.63, 3.8) is 0 Å². The van der Waals surface area contributed by atoms with Gasteiger partial charge in [-0.25, -0.2) is 9.97 Å². The zero-order valence-electron chi connectivity index (χ0n) is 8.70. The summed E-state index contributed by atoms with van der Waals surface area (Å²) in [6, 6.07) is 0.291. The average molecular weight is 192 g/mol. The molecule has 0 saturated carbocycles. The van der Waals surface area contributed by atoms with Crippen LogP contribution in [0.4, 0.5) is 0 Å². The Balaban J connectivity index is 2.41. The standard InChI is InChI=1S/C10H16N4/c1-7-12-6-8-9(13-7)3-4-14(2)10(8)5-11/h6,10H,3-5,11H2,1-2H3. The van der Waals surface area contributed by atoms with Gasteiger partial charge in [0.05, 0.1) is 11.7 Å². The molecule has 4 nitrogen and oxygen atoms in total. The molecule has 1 unspecified atom stereocenters. The van der Waals surface area contributed by atoms with E-state index in [1.165, 1.54) is 11.3 Å². The van der Waals surface area contributed by atoms with Crippen LogP contribution in [0.5, 0.6) is 0 Å². The van der Waals surface area contributed by atoms with Gasteiger partial charge in [-0.3, -0.25) is 4.90 Å². The van der Waals surface area contributed by atoms with Crippen LogP contribution in [0.2, 0.25) is 0 Å². The highest BCUT2D eigenvalue weighted by Gasteiger charge is 2.24. The van der Waals surface area contributed by atoms with Crippen LogP contribution in [-0.4, -0.2) is 35.0 Å². The van der Waals surface area contributed by atoms with Crippen molar-refractivity contribution >= 4 is 0 Å². The number of aryl methyl sites for hydroxylation is 1. The minimum Gasteiger partial charge on any atom is -0.329 e. The molecule has 2 rings (SSSR count). The van der Waals surface area contributed by atoms with Crippen molar-refractivity contribution in [1.29, 1.82) is 0 Å². The van der Waals surface area contributed by atoms with E-state index in [9.17, 15) is 0 Å². The topological polar surface area (TPSA) is 55.0 Å². The Morgan fingerprint density at radius 1 is 1.64 bits per heavy atom. The molecule has 0 aliphatic carbocycles. The van der Waals surface area contributed by atoms with Gasteiger partial charge in [0.2, 0.25) is 0 Å². The molecule has 2 N–H and O–H groups in total. The van der Waals surface area contributed by atoms with Crippen molar-refractivity contribution < 1.29 is 0 Å². The minimum atomic E-state index is 0.291. The summed E-state index contributed by atoms with van der Waals surface area (Å²) in [5, 5.41) is 0. The number of hydrogen-bond acceptors (Lipinski definition) is 4. The summed E-state index contributed by atoms with van der Waals surface area (Å²) in [5.74, 6) is 0.851. The van der Waals surface area contributed by atoms with E-state index in [2.05, 4.69) is 21.9 Å². The van der Waals surface area contributed by atoms with E-state index < -0.39 is 0 Å². The lowest BCUT2D eigenvalue weighted by molar-refractivity contribution is 0.233. The lowest BCUT2D eigenvalue weighted by Crippen LogP contribution is -2.37. The van der Waals surface area contributed by atoms with E-state index in [-0.39, 0.29) is 0 Å². The molecular weight excluding hydrogens is 176 g/mol. The SMILES string of the molecule is Cc1ncc2c(n1)CCN(C)C2CN. The summed E-state index contributed by atoms with van der Waals surface area (Å²) < 4.78 is 0. The Kier molecular flexibility index (Phi) is 2.48. The maximum absolute atomic E-state index is 5.75. The molecule has 76 valence electrons. The molecule has 0 fully saturated rings. The van der Waals surface area contributed by atoms with Gasteiger partial charge in [-0.15, -0.1) is 0 Å². The molecule has 0 saturated heterocycles. The van der Waals surface area contributed by atoms with Gasteiger partial charge in [0.25, 0.3) is 0 Å². The molecule has 2 heterocycles. The monoisotopic (exact) mass is 192 g/mol. The molecule has 0 amide bonds. The molecule has 0 bridgehead atoms. The fraction of sp³-hybridized carbons (Fsp3) is 0.600. The van der Waals surface area contributed by atoms with Gasteiger partial charge in [-0.05, 0) is 14.0 Å². The Morgan fingerprint density at radius 3 is 3.14 bits per heavy atom. The van der Waals surface area contributed by atoms with E-state index in [0.29, 0.717) is 12.6 Å². The minimum absolute atomic E-state index is 0.291. The van der Waals surface area contributed by atoms with Crippen LogP contribution in [0.25, 0.3) is 0 Å². The van der Waals surface area contributed by atoms with Gasteiger partial charge in [-0.1, -0.05) is 0 Å². The van der Waals surface area contributed by atoms with E-state index in [1.807, 2.05) is 13.1 Å². The summed E-state index contributed by atoms with van der Waals surface area (Å²) in [4.78, 5) is 10.9. The number of fused-ring (bicyclic) bond motifs is 1. The van der Waals surface area contributed by atoms with Gasteiger partial charge >= 0.3 is 0 Å². The highest BCUT2D eigenvalue weighted by Crippen LogP contribution is 2.25. The van der Waals surface area contributed by atoms with Crippen LogP contribution < -0.4 is 5.73 Å². The smallest absolute Gasteiger partial charge is 0.125 e. The number of aromatic nitrogens is 2. The van der Waals surface area contributed by atoms with Crippen molar-refractivity contribution in [3.05, 3.63) is 23.3 Å². The van der Waals surface area contributed by atoms with E-state index >= 15 is 0 Å². The molecule has 1 aromatic rings. The number of hydrogen-bond donors (Lipinski definition) is 1. The Hall–Kier alpha value is -1.00. The van der Waals surface area contributed by atoms with Crippen LogP contribution in [-0.2, 0) is 6.42 Å². The molecule has 1 atom stereocenters. The van der Waals surface area contributed by atoms with E-state index in [0.717, 1.165) is 18.8 Å². The van der Waals surface area contributed by atoms with Crippen molar-refractivity contribution in [1.82, 2.24) is 14.9 Å². The summed E-state index contributed by atoms with van der Waals surface area (Å²) in [6.45, 7) is 3.59. The molecule has 14 heavy (non-hydrogen) atoms. The molecule has 0 radical (unpaired) electrons. The third-order valence-electron chi connectivity index (χ3n) is 2.84. The van der Waals surface area contributed by atoms with Crippen molar-refractivity contribution in [2.45, 2.75) is 19.4 Å². The van der Waals surface area contributed by atoms with Crippen LogP contribution in [0.15, 0.2) is 6.20 Å². The molecule has 4 heteroatoms. The Bertz CT molecular complexity index is 337. The van der Waals surface area contributed by atoms with E-state index in [4.69, 9.17) is 5.73 Å². The van der Waals surface area contributed by atoms with Crippen LogP contribution >= 0.6 is 0 Å². The van der Waals surface area contributed by atoms with Crippen molar-refractivity contribution in [2.24, 2.45) is 5.73 Å². The molecule has 1 aromatic heterocycles. The quantitative estimate of drug-likeness (QED) is 0.694. The molecular formula is C10H16N4. The lowest BCUT2D eigenvalue weighted by atomic mass is 9.99. The molecule has 0 aromatic carbocycles. The number of rotatable bonds is 1. The number of nitrogens with two attached hydrogens (primary N) is 1. The number of nitrogens with zero attached hydrogens (tertiary/aromatic N) is 3. The van der Waals surface area contributed by atoms with Crippen molar-refractivity contribution in [2.75, 3.05) is 20.1 Å². The molecule has 1 aliphatic heterocycles. The van der Waals surface area contributed by atoms with Crippen LogP contribution in [0.1, 0.15) is 23.1 Å². The third-order valence-corrected chi connectivity index (χ3v) is 2.84. The van der Waals surface area contributed by atoms with E-state index in [1.54, 1.807) is 0 Å². The molecule has 1 aliphatic rings. The maximum Gasteiger partial charge on any atom is 0.125 e. The fourth-order valence-corrected chi connectivity index (χ4v) is 1.99. The van der Waals surface area contributed by atoms with Gasteiger partial charge < -0.3 is 5.73 Å². The zero-order valence-corrected chi connectivity index (χ0v) is 8.70. The third kappa shape index (κ3) is 1.51. The first kappa shape index (κ1) is 9.55. The second-order valence-electron chi connectivity index (χ2n) is 3.80. The fourth-order valence-electron chi connectivity index (χ4n) is 1.99. The van der Waals surface area contributed by atoms with Gasteiger partial charge in [0.15, 0.2) is 0 Å². The second kappa shape index (κ2) is 3.63. The first-order valence-corrected chi connectivity index (χ1v) is 4.95. The predicted octanol–water partition coefficient (Wildman–Crippen LogP) is 0.273. The Labute approximate surface area is 84.2 Å². The van der Waals surface area contributed by atoms with Gasteiger partial charge in [0, 0.05) is 31.3 Å². The van der Waals surface area contributed by atoms with Gasteiger partial charge in [-0.2, -0.15) is 0 Å². The first-order valence-electron chi connectivity index (χ1n) is 4.95. The Morgan fingerprint density at radius 2 is 2.43 bits per heavy atom. The summed E-state index contributed by atoms with van der Waals surface area (Å²) in [7, 11) is 2.10. The number of likely N-dealkylation sites (N-methyl/N-ethyl adjacent to an activating group) is 1. The normalized spacial score (nSPS) is 22.1. The maximum atomic E-state index is 5.75. The lowest BCUT2D eigenvalue weighted by Gasteiger charge is -2.32. The van der Waals surface area contributed by atoms with Crippen LogP contribution in [0, 0.1) is 6.92 Å². The second-order valence-corrected chi connectivity index (χ2v) is 3.80. The summed E-state index contributed by atoms with van der Waals surface area (Å²) >= 11 is 0. The highest BCUT2D eigenvalue weighted by molar-refractivity contribution is 5.25. The first-order chi connectivity index (χ1) is 6.72. The zero-order chi connectivity index (χ0) is 10.1. The summed E-state index contributed by atoms with van der Waals surface area (Å²) in [5.41, 5.74) is 8.12. The molecule has 0 spiro atoms. The van der Waals surface area contributed by atoms with Crippen LogP contribution in [0.3, 0.4) is 0 Å². The van der Waals surface area contributed by atoms with Gasteiger partial charge in [0.1, 0.15) is 5.82 Å². The predicted molar refractivity (Wildman–Crippen MR) is 54.9 cm³/mol. The highest BCUT2D eigenvalue weighted by atomic mass is 15.2. The largest absolute Gasteiger partial charge is 0.329 e. The average Bonchev–Trinajstić information content (AvgIpc) is 2.18. The summed E-state index contributed by atoms with van der Waals surface area (Å²) in [6.07, 6.45) is 2.93.